The summed E-state index contributed by atoms with van der Waals surface area (Å²) in [6.45, 7) is 2.64. The molecule has 5 heteroatoms. The first-order valence-corrected chi connectivity index (χ1v) is 4.61. The molecule has 0 aromatic carbocycles. The minimum atomic E-state index is -0.751. The molecular formula is C9H13N3O2. The molecule has 3 N–H and O–H groups in total. The molecule has 2 heterocycles. The molecule has 2 rings (SSSR count). The molecule has 2 atom stereocenters. The molecule has 1 aromatic rings. The zero-order valence-corrected chi connectivity index (χ0v) is 7.95. The van der Waals surface area contributed by atoms with E-state index >= 15 is 0 Å². The summed E-state index contributed by atoms with van der Waals surface area (Å²) >= 11 is 0. The first-order valence-electron chi connectivity index (χ1n) is 4.61. The van der Waals surface area contributed by atoms with Crippen molar-refractivity contribution < 1.29 is 9.90 Å². The van der Waals surface area contributed by atoms with Crippen LogP contribution >= 0.6 is 0 Å². The first kappa shape index (κ1) is 9.21. The smallest absolute Gasteiger partial charge is 0.308 e. The number of carbonyl (C=O) groups is 1. The number of nitrogens with zero attached hydrogens (tertiary/aromatic N) is 1. The highest BCUT2D eigenvalue weighted by atomic mass is 16.4. The molecule has 1 aromatic heterocycles. The van der Waals surface area contributed by atoms with Crippen LogP contribution in [0.3, 0.4) is 0 Å². The van der Waals surface area contributed by atoms with Gasteiger partial charge in [-0.2, -0.15) is 5.10 Å². The Morgan fingerprint density at radius 3 is 3.14 bits per heavy atom. The van der Waals surface area contributed by atoms with Crippen LogP contribution in [0.25, 0.3) is 0 Å². The van der Waals surface area contributed by atoms with Gasteiger partial charge in [-0.15, -0.1) is 0 Å². The van der Waals surface area contributed by atoms with Crippen LogP contribution in [0.5, 0.6) is 0 Å². The number of carboxylic acid groups (broad SMARTS) is 1. The van der Waals surface area contributed by atoms with Crippen LogP contribution in [0, 0.1) is 5.92 Å². The Balaban J connectivity index is 2.35. The lowest BCUT2D eigenvalue weighted by Crippen LogP contribution is -2.41. The molecule has 14 heavy (non-hydrogen) atoms. The summed E-state index contributed by atoms with van der Waals surface area (Å²) in [6.07, 6.45) is 4.08. The van der Waals surface area contributed by atoms with Crippen LogP contribution in [0.2, 0.25) is 0 Å². The van der Waals surface area contributed by atoms with E-state index in [0.717, 1.165) is 12.1 Å². The molecule has 5 nitrogen and oxygen atoms in total. The second-order valence-corrected chi connectivity index (χ2v) is 3.80. The van der Waals surface area contributed by atoms with Crippen molar-refractivity contribution in [3.63, 3.8) is 0 Å². The van der Waals surface area contributed by atoms with Crippen molar-refractivity contribution in [1.82, 2.24) is 15.5 Å². The van der Waals surface area contributed by atoms with Gasteiger partial charge in [0.25, 0.3) is 0 Å². The fraction of sp³-hybridized carbons (Fsp3) is 0.556. The van der Waals surface area contributed by atoms with Crippen LogP contribution in [-0.4, -0.2) is 27.8 Å². The van der Waals surface area contributed by atoms with E-state index in [1.807, 2.05) is 6.92 Å². The summed E-state index contributed by atoms with van der Waals surface area (Å²) in [5, 5.41) is 18.9. The molecule has 1 fully saturated rings. The van der Waals surface area contributed by atoms with Crippen molar-refractivity contribution in [2.24, 2.45) is 5.92 Å². The average molecular weight is 195 g/mol. The number of carboxylic acids is 1. The van der Waals surface area contributed by atoms with Crippen molar-refractivity contribution in [1.29, 1.82) is 0 Å². The van der Waals surface area contributed by atoms with Crippen LogP contribution in [0.1, 0.15) is 18.9 Å². The number of nitrogens with one attached hydrogen (secondary N) is 2. The zero-order valence-electron chi connectivity index (χ0n) is 7.95. The number of hydrogen-bond donors (Lipinski definition) is 3. The molecule has 0 saturated carbocycles. The predicted molar refractivity (Wildman–Crippen MR) is 49.7 cm³/mol. The van der Waals surface area contributed by atoms with Gasteiger partial charge in [-0.05, 0) is 19.9 Å². The minimum Gasteiger partial charge on any atom is -0.481 e. The maximum atomic E-state index is 11.0. The average Bonchev–Trinajstić information content (AvgIpc) is 2.71. The van der Waals surface area contributed by atoms with E-state index < -0.39 is 11.5 Å². The maximum absolute atomic E-state index is 11.0. The van der Waals surface area contributed by atoms with Gasteiger partial charge in [0.1, 0.15) is 0 Å². The third-order valence-electron chi connectivity index (χ3n) is 3.02. The van der Waals surface area contributed by atoms with Gasteiger partial charge in [0.2, 0.25) is 0 Å². The monoisotopic (exact) mass is 195 g/mol. The highest BCUT2D eigenvalue weighted by molar-refractivity contribution is 5.72. The van der Waals surface area contributed by atoms with Gasteiger partial charge in [-0.3, -0.25) is 9.89 Å². The minimum absolute atomic E-state index is 0.375. The molecule has 2 unspecified atom stereocenters. The van der Waals surface area contributed by atoms with Gasteiger partial charge in [0.05, 0.1) is 17.7 Å². The van der Waals surface area contributed by atoms with Gasteiger partial charge < -0.3 is 10.4 Å². The molecule has 76 valence electrons. The van der Waals surface area contributed by atoms with E-state index in [-0.39, 0.29) is 5.92 Å². The Labute approximate surface area is 81.5 Å². The van der Waals surface area contributed by atoms with Crippen LogP contribution < -0.4 is 5.32 Å². The molecular weight excluding hydrogens is 182 g/mol. The highest BCUT2D eigenvalue weighted by Gasteiger charge is 2.44. The van der Waals surface area contributed by atoms with Gasteiger partial charge in [-0.25, -0.2) is 0 Å². The van der Waals surface area contributed by atoms with Crippen LogP contribution in [0.4, 0.5) is 0 Å². The van der Waals surface area contributed by atoms with E-state index in [1.165, 1.54) is 0 Å². The van der Waals surface area contributed by atoms with Crippen molar-refractivity contribution in [2.45, 2.75) is 18.9 Å². The fourth-order valence-electron chi connectivity index (χ4n) is 2.10. The Morgan fingerprint density at radius 1 is 1.79 bits per heavy atom. The number of aliphatic carboxylic acids is 1. The van der Waals surface area contributed by atoms with Crippen molar-refractivity contribution >= 4 is 5.97 Å². The van der Waals surface area contributed by atoms with E-state index in [4.69, 9.17) is 5.11 Å². The van der Waals surface area contributed by atoms with Gasteiger partial charge >= 0.3 is 5.97 Å². The van der Waals surface area contributed by atoms with Crippen molar-refractivity contribution in [3.8, 4) is 0 Å². The summed E-state index contributed by atoms with van der Waals surface area (Å²) in [4.78, 5) is 11.0. The van der Waals surface area contributed by atoms with Crippen LogP contribution in [0.15, 0.2) is 12.4 Å². The number of aromatic amines is 1. The molecule has 0 aliphatic carbocycles. The van der Waals surface area contributed by atoms with E-state index in [1.54, 1.807) is 12.4 Å². The predicted octanol–water partition coefficient (Wildman–Crippen LogP) is 0.319. The van der Waals surface area contributed by atoms with Gasteiger partial charge in [0, 0.05) is 11.8 Å². The topological polar surface area (TPSA) is 78.0 Å². The molecule has 1 aliphatic rings. The Morgan fingerprint density at radius 2 is 2.57 bits per heavy atom. The Hall–Kier alpha value is -1.36. The van der Waals surface area contributed by atoms with E-state index in [2.05, 4.69) is 15.5 Å². The standard InChI is InChI=1S/C9H13N3O2/c1-9(6-4-11-12-5-6)7(8(13)14)2-3-10-9/h4-5,7,10H,2-3H2,1H3,(H,11,12)(H,13,14). The quantitative estimate of drug-likeness (QED) is 0.635. The molecule has 0 spiro atoms. The second kappa shape index (κ2) is 3.09. The van der Waals surface area contributed by atoms with E-state index in [9.17, 15) is 4.79 Å². The molecule has 0 radical (unpaired) electrons. The number of rotatable bonds is 2. The second-order valence-electron chi connectivity index (χ2n) is 3.80. The SMILES string of the molecule is CC1(c2cn[nH]c2)NCCC1C(=O)O. The summed E-state index contributed by atoms with van der Waals surface area (Å²) in [5.41, 5.74) is 0.418. The third kappa shape index (κ3) is 1.21. The molecule has 0 amide bonds. The Bertz CT molecular complexity index is 336. The van der Waals surface area contributed by atoms with Crippen LogP contribution in [-0.2, 0) is 10.3 Å². The number of aromatic nitrogens is 2. The van der Waals surface area contributed by atoms with E-state index in [0.29, 0.717) is 6.42 Å². The summed E-state index contributed by atoms with van der Waals surface area (Å²) in [5.74, 6) is -1.13. The largest absolute Gasteiger partial charge is 0.481 e. The fourth-order valence-corrected chi connectivity index (χ4v) is 2.10. The maximum Gasteiger partial charge on any atom is 0.308 e. The summed E-state index contributed by atoms with van der Waals surface area (Å²) < 4.78 is 0. The number of hydrogen-bond acceptors (Lipinski definition) is 3. The molecule has 0 bridgehead atoms. The van der Waals surface area contributed by atoms with Gasteiger partial charge in [-0.1, -0.05) is 0 Å². The normalized spacial score (nSPS) is 31.9. The molecule has 1 saturated heterocycles. The molecule has 1 aliphatic heterocycles. The lowest BCUT2D eigenvalue weighted by Gasteiger charge is -2.27. The number of H-pyrrole nitrogens is 1. The summed E-state index contributed by atoms with van der Waals surface area (Å²) in [7, 11) is 0. The highest BCUT2D eigenvalue weighted by Crippen LogP contribution is 2.35. The first-order chi connectivity index (χ1) is 6.64. The Kier molecular flexibility index (Phi) is 2.03. The van der Waals surface area contributed by atoms with Crippen molar-refractivity contribution in [2.75, 3.05) is 6.54 Å². The lowest BCUT2D eigenvalue weighted by atomic mass is 9.83. The zero-order chi connectivity index (χ0) is 10.2. The summed E-state index contributed by atoms with van der Waals surface area (Å²) in [6, 6.07) is 0. The van der Waals surface area contributed by atoms with Crippen molar-refractivity contribution in [3.05, 3.63) is 18.0 Å². The third-order valence-corrected chi connectivity index (χ3v) is 3.02. The lowest BCUT2D eigenvalue weighted by molar-refractivity contribution is -0.143. The van der Waals surface area contributed by atoms with Gasteiger partial charge in [0.15, 0.2) is 0 Å².